The minimum atomic E-state index is -0.419. The van der Waals surface area contributed by atoms with E-state index in [-0.39, 0.29) is 11.6 Å². The van der Waals surface area contributed by atoms with E-state index in [1.165, 1.54) is 0 Å². The first-order valence-corrected chi connectivity index (χ1v) is 9.41. The van der Waals surface area contributed by atoms with Crippen molar-refractivity contribution in [2.75, 3.05) is 0 Å². The Morgan fingerprint density at radius 1 is 0.926 bits per heavy atom. The molecular weight excluding hydrogens is 336 g/mol. The fourth-order valence-corrected chi connectivity index (χ4v) is 2.26. The second-order valence-corrected chi connectivity index (χ2v) is 5.26. The van der Waals surface area contributed by atoms with E-state index in [0.29, 0.717) is 5.57 Å². The van der Waals surface area contributed by atoms with Crippen LogP contribution in [0.4, 0.5) is 0 Å². The van der Waals surface area contributed by atoms with E-state index in [1.54, 1.807) is 0 Å². The zero-order valence-electron chi connectivity index (χ0n) is 17.3. The van der Waals surface area contributed by atoms with Crippen LogP contribution in [-0.4, -0.2) is 11.8 Å². The molecule has 1 heterocycles. The highest BCUT2D eigenvalue weighted by Gasteiger charge is 2.31. The van der Waals surface area contributed by atoms with E-state index < -0.39 is 5.91 Å². The highest BCUT2D eigenvalue weighted by molar-refractivity contribution is 6.21. The molecule has 0 saturated heterocycles. The fraction of sp³-hybridized carbons (Fsp3) is 0.304. The molecular formula is C23H32N2O2. The zero-order valence-corrected chi connectivity index (χ0v) is 17.3. The predicted octanol–water partition coefficient (Wildman–Crippen LogP) is 5.02. The van der Waals surface area contributed by atoms with Gasteiger partial charge in [0.15, 0.2) is 0 Å². The Morgan fingerprint density at radius 2 is 1.59 bits per heavy atom. The standard InChI is InChI=1S/C21H26N2O2.C2H6/c1-5-9-11-14-16(12-7-3)18-19(21(25)23-20(18)24)22-17(13-8-4)15-10-6-2;1-2/h5-6,8-15H,7H2,1-4H3,(H2,22,23,24,25);1-2H3/b9-5-,10-6-,13-8-,14-11-,16-12+,17-15+;. The molecule has 0 aromatic carbocycles. The van der Waals surface area contributed by atoms with Gasteiger partial charge >= 0.3 is 0 Å². The van der Waals surface area contributed by atoms with E-state index in [0.717, 1.165) is 17.7 Å². The van der Waals surface area contributed by atoms with Gasteiger partial charge in [0.05, 0.1) is 5.57 Å². The van der Waals surface area contributed by atoms with Crippen LogP contribution in [0.1, 0.15) is 48.0 Å². The highest BCUT2D eigenvalue weighted by atomic mass is 16.2. The monoisotopic (exact) mass is 368 g/mol. The summed E-state index contributed by atoms with van der Waals surface area (Å²) < 4.78 is 0. The molecule has 2 N–H and O–H groups in total. The molecule has 27 heavy (non-hydrogen) atoms. The maximum Gasteiger partial charge on any atom is 0.275 e. The number of carbonyl (C=O) groups excluding carboxylic acids is 2. The van der Waals surface area contributed by atoms with Crippen molar-refractivity contribution in [1.29, 1.82) is 0 Å². The van der Waals surface area contributed by atoms with Crippen LogP contribution < -0.4 is 10.6 Å². The van der Waals surface area contributed by atoms with Crippen LogP contribution in [0.5, 0.6) is 0 Å². The van der Waals surface area contributed by atoms with Crippen LogP contribution in [0.3, 0.4) is 0 Å². The summed E-state index contributed by atoms with van der Waals surface area (Å²) in [5.41, 5.74) is 2.08. The number of nitrogens with one attached hydrogen (secondary N) is 2. The lowest BCUT2D eigenvalue weighted by atomic mass is 10.0. The van der Waals surface area contributed by atoms with Gasteiger partial charge in [-0.05, 0) is 44.9 Å². The fourth-order valence-electron chi connectivity index (χ4n) is 2.26. The van der Waals surface area contributed by atoms with E-state index in [1.807, 2.05) is 102 Å². The predicted molar refractivity (Wildman–Crippen MR) is 115 cm³/mol. The normalized spacial score (nSPS) is 16.1. The molecule has 2 amide bonds. The van der Waals surface area contributed by atoms with Crippen LogP contribution in [0.15, 0.2) is 83.3 Å². The number of rotatable bonds is 8. The van der Waals surface area contributed by atoms with Gasteiger partial charge in [0.2, 0.25) is 0 Å². The Labute approximate surface area is 163 Å². The molecule has 1 rings (SSSR count). The van der Waals surface area contributed by atoms with Crippen LogP contribution in [0.2, 0.25) is 0 Å². The molecule has 0 atom stereocenters. The van der Waals surface area contributed by atoms with Crippen molar-refractivity contribution in [3.8, 4) is 0 Å². The molecule has 0 radical (unpaired) electrons. The van der Waals surface area contributed by atoms with Gasteiger partial charge in [-0.3, -0.25) is 14.9 Å². The lowest BCUT2D eigenvalue weighted by Crippen LogP contribution is -2.26. The quantitative estimate of drug-likeness (QED) is 0.467. The zero-order chi connectivity index (χ0) is 20.7. The third-order valence-corrected chi connectivity index (χ3v) is 3.31. The van der Waals surface area contributed by atoms with Crippen LogP contribution in [0.25, 0.3) is 0 Å². The van der Waals surface area contributed by atoms with Crippen molar-refractivity contribution in [1.82, 2.24) is 10.6 Å². The number of allylic oxidation sites excluding steroid dienone is 10. The van der Waals surface area contributed by atoms with Crippen LogP contribution >= 0.6 is 0 Å². The summed E-state index contributed by atoms with van der Waals surface area (Å²) in [5, 5.41) is 5.46. The molecule has 0 unspecified atom stereocenters. The van der Waals surface area contributed by atoms with Crippen molar-refractivity contribution in [2.24, 2.45) is 0 Å². The number of hydrogen-bond donors (Lipinski definition) is 2. The lowest BCUT2D eigenvalue weighted by Gasteiger charge is -2.09. The molecule has 0 bridgehead atoms. The maximum atomic E-state index is 12.3. The van der Waals surface area contributed by atoms with Gasteiger partial charge in [0.25, 0.3) is 11.8 Å². The highest BCUT2D eigenvalue weighted by Crippen LogP contribution is 2.22. The number of amides is 2. The van der Waals surface area contributed by atoms with Crippen LogP contribution in [0, 0.1) is 0 Å². The lowest BCUT2D eigenvalue weighted by molar-refractivity contribution is -0.124. The summed E-state index contributed by atoms with van der Waals surface area (Å²) in [6.45, 7) is 11.7. The molecule has 1 aliphatic rings. The third kappa shape index (κ3) is 7.90. The second-order valence-electron chi connectivity index (χ2n) is 5.26. The summed E-state index contributed by atoms with van der Waals surface area (Å²) in [4.78, 5) is 24.6. The van der Waals surface area contributed by atoms with Gasteiger partial charge in [-0.2, -0.15) is 0 Å². The van der Waals surface area contributed by atoms with Crippen molar-refractivity contribution in [3.05, 3.63) is 83.3 Å². The van der Waals surface area contributed by atoms with Gasteiger partial charge in [0, 0.05) is 5.70 Å². The maximum absolute atomic E-state index is 12.3. The van der Waals surface area contributed by atoms with Gasteiger partial charge in [-0.1, -0.05) is 69.4 Å². The molecule has 1 aliphatic heterocycles. The summed E-state index contributed by atoms with van der Waals surface area (Å²) in [5.74, 6) is -0.805. The molecule has 0 aromatic rings. The molecule has 0 spiro atoms. The molecule has 0 saturated carbocycles. The number of hydrogen-bond acceptors (Lipinski definition) is 3. The van der Waals surface area contributed by atoms with Crippen molar-refractivity contribution >= 4 is 11.8 Å². The SMILES string of the molecule is CC.C\C=C/C=C\C(=C/CC)C1=C(NC(/C=C\C)=C/C=C\C)C(=O)NC1=O. The van der Waals surface area contributed by atoms with Gasteiger partial charge in [-0.15, -0.1) is 0 Å². The topological polar surface area (TPSA) is 58.2 Å². The Morgan fingerprint density at radius 3 is 2.15 bits per heavy atom. The minimum absolute atomic E-state index is 0.267. The van der Waals surface area contributed by atoms with E-state index in [9.17, 15) is 9.59 Å². The summed E-state index contributed by atoms with van der Waals surface area (Å²) in [7, 11) is 0. The largest absolute Gasteiger partial charge is 0.350 e. The molecule has 0 fully saturated rings. The van der Waals surface area contributed by atoms with Gasteiger partial charge < -0.3 is 5.32 Å². The average molecular weight is 369 g/mol. The Balaban J connectivity index is 0.00000326. The Bertz CT molecular complexity index is 715. The number of carbonyl (C=O) groups is 2. The minimum Gasteiger partial charge on any atom is -0.350 e. The van der Waals surface area contributed by atoms with Crippen molar-refractivity contribution in [3.63, 3.8) is 0 Å². The van der Waals surface area contributed by atoms with Crippen molar-refractivity contribution < 1.29 is 9.59 Å². The van der Waals surface area contributed by atoms with Crippen LogP contribution in [-0.2, 0) is 9.59 Å². The summed E-state index contributed by atoms with van der Waals surface area (Å²) >= 11 is 0. The smallest absolute Gasteiger partial charge is 0.275 e. The molecule has 0 aliphatic carbocycles. The Kier molecular flexibility index (Phi) is 12.8. The third-order valence-electron chi connectivity index (χ3n) is 3.31. The van der Waals surface area contributed by atoms with Gasteiger partial charge in [-0.25, -0.2) is 0 Å². The first-order chi connectivity index (χ1) is 13.1. The van der Waals surface area contributed by atoms with Gasteiger partial charge in [0.1, 0.15) is 5.70 Å². The van der Waals surface area contributed by atoms with E-state index in [4.69, 9.17) is 0 Å². The molecule has 4 heteroatoms. The number of imide groups is 1. The molecule has 146 valence electrons. The van der Waals surface area contributed by atoms with Crippen molar-refractivity contribution in [2.45, 2.75) is 48.0 Å². The van der Waals surface area contributed by atoms with E-state index in [2.05, 4.69) is 10.6 Å². The molecule has 4 nitrogen and oxygen atoms in total. The first kappa shape index (κ1) is 24.1. The summed E-state index contributed by atoms with van der Waals surface area (Å²) in [6.07, 6.45) is 19.5. The summed E-state index contributed by atoms with van der Waals surface area (Å²) in [6, 6.07) is 0. The average Bonchev–Trinajstić information content (AvgIpc) is 2.94. The Hall–Kier alpha value is -2.88. The second kappa shape index (κ2) is 14.3. The van der Waals surface area contributed by atoms with E-state index >= 15 is 0 Å². The first-order valence-electron chi connectivity index (χ1n) is 9.41. The molecule has 0 aromatic heterocycles.